The molecular formula is C14H29N3O. The van der Waals surface area contributed by atoms with Crippen LogP contribution in [0.15, 0.2) is 0 Å². The zero-order valence-corrected chi connectivity index (χ0v) is 12.0. The molecule has 1 saturated heterocycles. The summed E-state index contributed by atoms with van der Waals surface area (Å²) >= 11 is 0. The number of amides is 1. The average molecular weight is 255 g/mol. The second-order valence-corrected chi connectivity index (χ2v) is 5.20. The highest BCUT2D eigenvalue weighted by Crippen LogP contribution is 2.13. The summed E-state index contributed by atoms with van der Waals surface area (Å²) in [4.78, 5) is 14.2. The summed E-state index contributed by atoms with van der Waals surface area (Å²) in [5.74, 6) is 0.757. The van der Waals surface area contributed by atoms with Crippen molar-refractivity contribution in [2.24, 2.45) is 5.92 Å². The van der Waals surface area contributed by atoms with Gasteiger partial charge in [-0.25, -0.2) is 0 Å². The van der Waals surface area contributed by atoms with Crippen molar-refractivity contribution < 1.29 is 4.79 Å². The van der Waals surface area contributed by atoms with E-state index >= 15 is 0 Å². The van der Waals surface area contributed by atoms with Gasteiger partial charge in [0.1, 0.15) is 0 Å². The molecule has 1 aliphatic rings. The van der Waals surface area contributed by atoms with Crippen LogP contribution < -0.4 is 10.6 Å². The van der Waals surface area contributed by atoms with E-state index in [1.807, 2.05) is 0 Å². The lowest BCUT2D eigenvalue weighted by molar-refractivity contribution is -0.122. The zero-order chi connectivity index (χ0) is 13.2. The summed E-state index contributed by atoms with van der Waals surface area (Å²) in [6.07, 6.45) is 4.26. The van der Waals surface area contributed by atoms with E-state index < -0.39 is 0 Å². The van der Waals surface area contributed by atoms with E-state index in [9.17, 15) is 4.79 Å². The molecule has 0 aromatic carbocycles. The van der Waals surface area contributed by atoms with Crippen LogP contribution in [0.5, 0.6) is 0 Å². The van der Waals surface area contributed by atoms with Crippen LogP contribution in [-0.2, 0) is 4.79 Å². The minimum absolute atomic E-state index is 0.219. The average Bonchev–Trinajstić information content (AvgIpc) is 2.39. The Morgan fingerprint density at radius 2 is 2.22 bits per heavy atom. The molecule has 1 unspecified atom stereocenters. The van der Waals surface area contributed by atoms with Gasteiger partial charge in [-0.2, -0.15) is 0 Å². The van der Waals surface area contributed by atoms with Crippen LogP contribution in [0.25, 0.3) is 0 Å². The summed E-state index contributed by atoms with van der Waals surface area (Å²) < 4.78 is 0. The van der Waals surface area contributed by atoms with Gasteiger partial charge < -0.3 is 15.5 Å². The monoisotopic (exact) mass is 255 g/mol. The van der Waals surface area contributed by atoms with E-state index in [4.69, 9.17) is 0 Å². The molecule has 4 nitrogen and oxygen atoms in total. The van der Waals surface area contributed by atoms with E-state index in [2.05, 4.69) is 29.4 Å². The molecule has 1 atom stereocenters. The lowest BCUT2D eigenvalue weighted by Crippen LogP contribution is -2.38. The van der Waals surface area contributed by atoms with Crippen molar-refractivity contribution in [2.75, 3.05) is 39.3 Å². The Morgan fingerprint density at radius 3 is 2.83 bits per heavy atom. The molecule has 1 fully saturated rings. The van der Waals surface area contributed by atoms with Gasteiger partial charge in [0.15, 0.2) is 0 Å². The maximum atomic E-state index is 11.8. The minimum atomic E-state index is 0.219. The molecule has 1 aliphatic heterocycles. The van der Waals surface area contributed by atoms with Gasteiger partial charge in [-0.15, -0.1) is 0 Å². The lowest BCUT2D eigenvalue weighted by Gasteiger charge is -2.23. The summed E-state index contributed by atoms with van der Waals surface area (Å²) in [7, 11) is 0. The normalized spacial score (nSPS) is 20.1. The van der Waals surface area contributed by atoms with Gasteiger partial charge in [0.2, 0.25) is 5.91 Å². The summed E-state index contributed by atoms with van der Waals surface area (Å²) in [5, 5.41) is 6.40. The Balaban J connectivity index is 2.08. The molecule has 4 heteroatoms. The van der Waals surface area contributed by atoms with Crippen LogP contribution >= 0.6 is 0 Å². The molecule has 0 aromatic rings. The first kappa shape index (κ1) is 15.4. The number of piperidine rings is 1. The smallest absolute Gasteiger partial charge is 0.220 e. The SMILES string of the molecule is CCCN(CC)CCNC(=O)CC1CCCNC1. The Morgan fingerprint density at radius 1 is 1.39 bits per heavy atom. The molecule has 106 valence electrons. The van der Waals surface area contributed by atoms with Gasteiger partial charge in [0.25, 0.3) is 0 Å². The van der Waals surface area contributed by atoms with Crippen molar-refractivity contribution >= 4 is 5.91 Å². The number of nitrogens with one attached hydrogen (secondary N) is 2. The van der Waals surface area contributed by atoms with Crippen LogP contribution in [0.2, 0.25) is 0 Å². The van der Waals surface area contributed by atoms with Crippen molar-refractivity contribution in [3.05, 3.63) is 0 Å². The maximum absolute atomic E-state index is 11.8. The van der Waals surface area contributed by atoms with E-state index in [-0.39, 0.29) is 5.91 Å². The van der Waals surface area contributed by atoms with Crippen molar-refractivity contribution in [1.29, 1.82) is 0 Å². The molecular weight excluding hydrogens is 226 g/mol. The molecule has 0 radical (unpaired) electrons. The summed E-state index contributed by atoms with van der Waals surface area (Å²) in [6.45, 7) is 10.4. The fraction of sp³-hybridized carbons (Fsp3) is 0.929. The van der Waals surface area contributed by atoms with Gasteiger partial charge >= 0.3 is 0 Å². The molecule has 0 aromatic heterocycles. The highest BCUT2D eigenvalue weighted by molar-refractivity contribution is 5.76. The standard InChI is InChI=1S/C14H29N3O/c1-3-9-17(4-2)10-8-16-14(18)11-13-6-5-7-15-12-13/h13,15H,3-12H2,1-2H3,(H,16,18). The maximum Gasteiger partial charge on any atom is 0.220 e. The number of likely N-dealkylation sites (N-methyl/N-ethyl adjacent to an activating group) is 1. The van der Waals surface area contributed by atoms with Crippen LogP contribution in [0.1, 0.15) is 39.5 Å². The second kappa shape index (κ2) is 9.34. The topological polar surface area (TPSA) is 44.4 Å². The number of nitrogens with zero attached hydrogens (tertiary/aromatic N) is 1. The van der Waals surface area contributed by atoms with E-state index in [1.54, 1.807) is 0 Å². The third-order valence-electron chi connectivity index (χ3n) is 3.61. The molecule has 0 aliphatic carbocycles. The number of rotatable bonds is 8. The Labute approximate surface area is 111 Å². The Bertz CT molecular complexity index is 227. The highest BCUT2D eigenvalue weighted by atomic mass is 16.1. The van der Waals surface area contributed by atoms with Gasteiger partial charge in [0.05, 0.1) is 0 Å². The third-order valence-corrected chi connectivity index (χ3v) is 3.61. The van der Waals surface area contributed by atoms with E-state index in [0.29, 0.717) is 12.3 Å². The van der Waals surface area contributed by atoms with Gasteiger partial charge in [-0.1, -0.05) is 13.8 Å². The van der Waals surface area contributed by atoms with Crippen molar-refractivity contribution in [2.45, 2.75) is 39.5 Å². The molecule has 18 heavy (non-hydrogen) atoms. The van der Waals surface area contributed by atoms with E-state index in [0.717, 1.165) is 39.3 Å². The second-order valence-electron chi connectivity index (χ2n) is 5.20. The molecule has 0 bridgehead atoms. The molecule has 2 N–H and O–H groups in total. The molecule has 0 spiro atoms. The summed E-state index contributed by atoms with van der Waals surface area (Å²) in [6, 6.07) is 0. The summed E-state index contributed by atoms with van der Waals surface area (Å²) in [5.41, 5.74) is 0. The minimum Gasteiger partial charge on any atom is -0.355 e. The third kappa shape index (κ3) is 6.36. The predicted octanol–water partition coefficient (Wildman–Crippen LogP) is 1.22. The van der Waals surface area contributed by atoms with Crippen molar-refractivity contribution in [1.82, 2.24) is 15.5 Å². The Hall–Kier alpha value is -0.610. The first-order valence-corrected chi connectivity index (χ1v) is 7.46. The van der Waals surface area contributed by atoms with Crippen LogP contribution in [0, 0.1) is 5.92 Å². The first-order chi connectivity index (χ1) is 8.76. The number of hydrogen-bond acceptors (Lipinski definition) is 3. The lowest BCUT2D eigenvalue weighted by atomic mass is 9.96. The van der Waals surface area contributed by atoms with Crippen LogP contribution in [0.3, 0.4) is 0 Å². The zero-order valence-electron chi connectivity index (χ0n) is 12.0. The number of hydrogen-bond donors (Lipinski definition) is 2. The molecule has 1 rings (SSSR count). The van der Waals surface area contributed by atoms with Crippen LogP contribution in [-0.4, -0.2) is 50.1 Å². The first-order valence-electron chi connectivity index (χ1n) is 7.46. The molecule has 1 amide bonds. The fourth-order valence-corrected chi connectivity index (χ4v) is 2.53. The van der Waals surface area contributed by atoms with Gasteiger partial charge in [-0.3, -0.25) is 4.79 Å². The predicted molar refractivity (Wildman–Crippen MR) is 75.6 cm³/mol. The van der Waals surface area contributed by atoms with Crippen molar-refractivity contribution in [3.63, 3.8) is 0 Å². The number of carbonyl (C=O) groups excluding carboxylic acids is 1. The molecule has 1 heterocycles. The van der Waals surface area contributed by atoms with Crippen LogP contribution in [0.4, 0.5) is 0 Å². The quantitative estimate of drug-likeness (QED) is 0.685. The largest absolute Gasteiger partial charge is 0.355 e. The fourth-order valence-electron chi connectivity index (χ4n) is 2.53. The van der Waals surface area contributed by atoms with E-state index in [1.165, 1.54) is 19.3 Å². The number of carbonyl (C=O) groups is 1. The molecule has 0 saturated carbocycles. The van der Waals surface area contributed by atoms with Gasteiger partial charge in [0, 0.05) is 19.5 Å². The van der Waals surface area contributed by atoms with Crippen molar-refractivity contribution in [3.8, 4) is 0 Å². The highest BCUT2D eigenvalue weighted by Gasteiger charge is 2.16. The Kier molecular flexibility index (Phi) is 8.01. The van der Waals surface area contributed by atoms with Gasteiger partial charge in [-0.05, 0) is 51.4 Å².